The number of hydrogen-bond donors (Lipinski definition) is 1. The third-order valence-electron chi connectivity index (χ3n) is 5.53. The van der Waals surface area contributed by atoms with Gasteiger partial charge in [-0.15, -0.1) is 0 Å². The minimum Gasteiger partial charge on any atom is -0.393 e. The summed E-state index contributed by atoms with van der Waals surface area (Å²) in [4.78, 5) is 2.65. The van der Waals surface area contributed by atoms with Gasteiger partial charge in [0.15, 0.2) is 0 Å². The van der Waals surface area contributed by atoms with Crippen LogP contribution in [0, 0.1) is 17.8 Å². The number of fused-ring (bicyclic) bond motifs is 3. The Morgan fingerprint density at radius 3 is 2.41 bits per heavy atom. The number of nitrogens with zero attached hydrogens (tertiary/aromatic N) is 1. The predicted octanol–water partition coefficient (Wildman–Crippen LogP) is 1.26. The highest BCUT2D eigenvalue weighted by Gasteiger charge is 2.44. The fourth-order valence-electron chi connectivity index (χ4n) is 4.78. The van der Waals surface area contributed by atoms with Gasteiger partial charge in [-0.2, -0.15) is 0 Å². The second-order valence-electron chi connectivity index (χ2n) is 6.73. The van der Waals surface area contributed by atoms with E-state index in [1.165, 1.54) is 38.9 Å². The van der Waals surface area contributed by atoms with Crippen LogP contribution in [0.2, 0.25) is 0 Å². The minimum absolute atomic E-state index is 0.00187. The molecule has 0 radical (unpaired) electrons. The number of aliphatic hydroxyl groups is 1. The zero-order chi connectivity index (χ0) is 11.4. The molecular weight excluding hydrogens is 214 g/mol. The summed E-state index contributed by atoms with van der Waals surface area (Å²) in [5, 5.41) is 9.65. The van der Waals surface area contributed by atoms with E-state index in [1.807, 2.05) is 0 Å². The van der Waals surface area contributed by atoms with E-state index in [9.17, 15) is 5.11 Å². The van der Waals surface area contributed by atoms with E-state index >= 15 is 0 Å². The third kappa shape index (κ3) is 1.83. The SMILES string of the molecule is OC1C[C@@H]2CN(C[C@H]3C[C@@H]4CC[C@H]3O4)C[C@@H]2C1. The van der Waals surface area contributed by atoms with E-state index in [4.69, 9.17) is 4.74 Å². The third-order valence-corrected chi connectivity index (χ3v) is 5.53. The predicted molar refractivity (Wildman–Crippen MR) is 64.7 cm³/mol. The molecule has 3 nitrogen and oxygen atoms in total. The van der Waals surface area contributed by atoms with Gasteiger partial charge in [-0.25, -0.2) is 0 Å². The topological polar surface area (TPSA) is 32.7 Å². The van der Waals surface area contributed by atoms with Crippen LogP contribution in [-0.4, -0.2) is 48.0 Å². The van der Waals surface area contributed by atoms with Gasteiger partial charge in [0.1, 0.15) is 0 Å². The molecule has 96 valence electrons. The maximum Gasteiger partial charge on any atom is 0.0621 e. The summed E-state index contributed by atoms with van der Waals surface area (Å²) in [6, 6.07) is 0. The first-order valence-corrected chi connectivity index (χ1v) is 7.34. The molecule has 3 heterocycles. The maximum atomic E-state index is 9.65. The number of ether oxygens (including phenoxy) is 1. The van der Waals surface area contributed by atoms with Gasteiger partial charge in [0.25, 0.3) is 0 Å². The van der Waals surface area contributed by atoms with Crippen LogP contribution in [0.4, 0.5) is 0 Å². The Balaban J connectivity index is 1.33. The van der Waals surface area contributed by atoms with Crippen LogP contribution in [0.15, 0.2) is 0 Å². The number of hydrogen-bond acceptors (Lipinski definition) is 3. The molecular formula is C14H23NO2. The van der Waals surface area contributed by atoms with Gasteiger partial charge in [0.2, 0.25) is 0 Å². The zero-order valence-corrected chi connectivity index (χ0v) is 10.4. The van der Waals surface area contributed by atoms with Crippen molar-refractivity contribution >= 4 is 0 Å². The molecule has 1 aliphatic carbocycles. The van der Waals surface area contributed by atoms with Crippen molar-refractivity contribution in [3.05, 3.63) is 0 Å². The highest BCUT2D eigenvalue weighted by molar-refractivity contribution is 4.96. The standard InChI is InChI=1S/C14H23NO2/c16-12-3-9-6-15(7-10(9)4-12)8-11-5-13-1-2-14(11)17-13/h9-14,16H,1-8H2/t9-,10+,11-,12?,13+,14-/m1/s1. The van der Waals surface area contributed by atoms with Crippen LogP contribution < -0.4 is 0 Å². The molecule has 6 atom stereocenters. The van der Waals surface area contributed by atoms with Crippen LogP contribution in [0.25, 0.3) is 0 Å². The van der Waals surface area contributed by atoms with Crippen LogP contribution in [0.5, 0.6) is 0 Å². The molecule has 4 aliphatic rings. The average molecular weight is 237 g/mol. The molecule has 0 aromatic heterocycles. The summed E-state index contributed by atoms with van der Waals surface area (Å²) in [7, 11) is 0. The maximum absolute atomic E-state index is 9.65. The van der Waals surface area contributed by atoms with Crippen molar-refractivity contribution in [2.75, 3.05) is 19.6 Å². The van der Waals surface area contributed by atoms with Gasteiger partial charge in [-0.3, -0.25) is 0 Å². The van der Waals surface area contributed by atoms with Gasteiger partial charge in [-0.05, 0) is 43.9 Å². The quantitative estimate of drug-likeness (QED) is 0.785. The first-order valence-electron chi connectivity index (χ1n) is 7.34. The van der Waals surface area contributed by atoms with E-state index in [0.29, 0.717) is 12.2 Å². The van der Waals surface area contributed by atoms with Crippen LogP contribution in [0.1, 0.15) is 32.1 Å². The molecule has 1 N–H and O–H groups in total. The second kappa shape index (κ2) is 3.94. The molecule has 3 aliphatic heterocycles. The van der Waals surface area contributed by atoms with Crippen molar-refractivity contribution in [2.24, 2.45) is 17.8 Å². The van der Waals surface area contributed by atoms with Crippen molar-refractivity contribution in [2.45, 2.75) is 50.4 Å². The van der Waals surface area contributed by atoms with E-state index in [-0.39, 0.29) is 6.10 Å². The molecule has 2 bridgehead atoms. The summed E-state index contributed by atoms with van der Waals surface area (Å²) in [6.45, 7) is 3.72. The molecule has 1 unspecified atom stereocenters. The van der Waals surface area contributed by atoms with Crippen molar-refractivity contribution in [3.63, 3.8) is 0 Å². The zero-order valence-electron chi connectivity index (χ0n) is 10.4. The minimum atomic E-state index is -0.00187. The molecule has 17 heavy (non-hydrogen) atoms. The van der Waals surface area contributed by atoms with Crippen LogP contribution >= 0.6 is 0 Å². The molecule has 0 spiro atoms. The number of likely N-dealkylation sites (tertiary alicyclic amines) is 1. The lowest BCUT2D eigenvalue weighted by molar-refractivity contribution is 0.0844. The summed E-state index contributed by atoms with van der Waals surface area (Å²) >= 11 is 0. The van der Waals surface area contributed by atoms with Crippen molar-refractivity contribution < 1.29 is 9.84 Å². The Labute approximate surface area is 103 Å². The fraction of sp³-hybridized carbons (Fsp3) is 1.00. The Hall–Kier alpha value is -0.120. The lowest BCUT2D eigenvalue weighted by Crippen LogP contribution is -2.33. The highest BCUT2D eigenvalue weighted by atomic mass is 16.5. The van der Waals surface area contributed by atoms with E-state index < -0.39 is 0 Å². The second-order valence-corrected chi connectivity index (χ2v) is 6.73. The monoisotopic (exact) mass is 237 g/mol. The Kier molecular flexibility index (Phi) is 2.50. The molecule has 0 aromatic rings. The first kappa shape index (κ1) is 10.8. The Bertz CT molecular complexity index is 295. The Morgan fingerprint density at radius 2 is 1.82 bits per heavy atom. The van der Waals surface area contributed by atoms with E-state index in [0.717, 1.165) is 30.6 Å². The largest absolute Gasteiger partial charge is 0.393 e. The summed E-state index contributed by atoms with van der Waals surface area (Å²) in [6.07, 6.45) is 7.17. The molecule has 4 rings (SSSR count). The van der Waals surface area contributed by atoms with Gasteiger partial charge in [0.05, 0.1) is 18.3 Å². The first-order chi connectivity index (χ1) is 8.28. The van der Waals surface area contributed by atoms with E-state index in [1.54, 1.807) is 0 Å². The molecule has 0 amide bonds. The smallest absolute Gasteiger partial charge is 0.0621 e. The molecule has 4 fully saturated rings. The van der Waals surface area contributed by atoms with Gasteiger partial charge >= 0.3 is 0 Å². The van der Waals surface area contributed by atoms with Crippen molar-refractivity contribution in [1.82, 2.24) is 4.90 Å². The average Bonchev–Trinajstić information content (AvgIpc) is 2.97. The molecule has 3 heteroatoms. The fourth-order valence-corrected chi connectivity index (χ4v) is 4.78. The van der Waals surface area contributed by atoms with Gasteiger partial charge in [-0.1, -0.05) is 0 Å². The van der Waals surface area contributed by atoms with Crippen molar-refractivity contribution in [3.8, 4) is 0 Å². The van der Waals surface area contributed by atoms with Gasteiger partial charge in [0, 0.05) is 25.6 Å². The van der Waals surface area contributed by atoms with Crippen LogP contribution in [0.3, 0.4) is 0 Å². The molecule has 1 saturated carbocycles. The lowest BCUT2D eigenvalue weighted by Gasteiger charge is -2.25. The lowest BCUT2D eigenvalue weighted by atomic mass is 9.89. The summed E-state index contributed by atoms with van der Waals surface area (Å²) in [5.41, 5.74) is 0. The van der Waals surface area contributed by atoms with Crippen LogP contribution in [-0.2, 0) is 4.74 Å². The molecule has 0 aromatic carbocycles. The number of rotatable bonds is 2. The van der Waals surface area contributed by atoms with Gasteiger partial charge < -0.3 is 14.7 Å². The van der Waals surface area contributed by atoms with Crippen molar-refractivity contribution in [1.29, 1.82) is 0 Å². The summed E-state index contributed by atoms with van der Waals surface area (Å²) < 4.78 is 5.94. The number of aliphatic hydroxyl groups excluding tert-OH is 1. The molecule has 3 saturated heterocycles. The summed E-state index contributed by atoms with van der Waals surface area (Å²) in [5.74, 6) is 2.37. The van der Waals surface area contributed by atoms with E-state index in [2.05, 4.69) is 4.90 Å². The highest BCUT2D eigenvalue weighted by Crippen LogP contribution is 2.42. The Morgan fingerprint density at radius 1 is 1.06 bits per heavy atom. The normalized spacial score (nSPS) is 53.5.